The summed E-state index contributed by atoms with van der Waals surface area (Å²) in [7, 11) is 0. The number of aliphatic carboxylic acids is 3. The van der Waals surface area contributed by atoms with Crippen molar-refractivity contribution in [1.29, 1.82) is 0 Å². The Morgan fingerprint density at radius 3 is 1.36 bits per heavy atom. The predicted molar refractivity (Wildman–Crippen MR) is 83.8 cm³/mol. The number of rotatable bonds is 10. The van der Waals surface area contributed by atoms with E-state index in [0.717, 1.165) is 12.8 Å². The maximum Gasteiger partial charge on any atom is 0.332 e. The van der Waals surface area contributed by atoms with Gasteiger partial charge in [0.2, 0.25) is 0 Å². The summed E-state index contributed by atoms with van der Waals surface area (Å²) >= 11 is 0. The van der Waals surface area contributed by atoms with Crippen LogP contribution in [0.5, 0.6) is 0 Å². The molecule has 0 radical (unpaired) electrons. The van der Waals surface area contributed by atoms with Gasteiger partial charge >= 0.3 is 17.9 Å². The van der Waals surface area contributed by atoms with Gasteiger partial charge in [0.15, 0.2) is 0 Å². The summed E-state index contributed by atoms with van der Waals surface area (Å²) < 4.78 is 0. The molecular formula is C16H26O6. The van der Waals surface area contributed by atoms with Gasteiger partial charge in [0.25, 0.3) is 0 Å². The zero-order chi connectivity index (χ0) is 17.5. The van der Waals surface area contributed by atoms with E-state index in [1.165, 1.54) is 6.08 Å². The van der Waals surface area contributed by atoms with Crippen molar-refractivity contribution in [3.8, 4) is 0 Å². The molecule has 6 nitrogen and oxygen atoms in total. The normalized spacial score (nSPS) is 10.8. The highest BCUT2D eigenvalue weighted by atomic mass is 16.4. The van der Waals surface area contributed by atoms with E-state index >= 15 is 0 Å². The third kappa shape index (κ3) is 11.7. The first-order valence-corrected chi connectivity index (χ1v) is 7.32. The van der Waals surface area contributed by atoms with Crippen LogP contribution in [0.2, 0.25) is 0 Å². The standard InChI is InChI=1S/C12H20O4.C4H6O2/c1-3-5-7-9(11(13)14)10(12(15)16)8-6-4-2;1-2-3-4(5)6/h3-8H2,1-2H3,(H,13,14)(H,15,16);2H,1,3H2,(H,5,6). The van der Waals surface area contributed by atoms with Gasteiger partial charge in [-0.25, -0.2) is 9.59 Å². The minimum absolute atomic E-state index is 0.0556. The maximum atomic E-state index is 11.0. The summed E-state index contributed by atoms with van der Waals surface area (Å²) in [5.74, 6) is -3.02. The largest absolute Gasteiger partial charge is 0.481 e. The number of unbranched alkanes of at least 4 members (excludes halogenated alkanes) is 2. The van der Waals surface area contributed by atoms with Crippen LogP contribution in [0, 0.1) is 0 Å². The van der Waals surface area contributed by atoms with Crippen LogP contribution in [0.25, 0.3) is 0 Å². The lowest BCUT2D eigenvalue weighted by Crippen LogP contribution is -2.11. The van der Waals surface area contributed by atoms with E-state index < -0.39 is 17.9 Å². The molecule has 0 fully saturated rings. The first-order chi connectivity index (χ1) is 10.3. The molecule has 0 atom stereocenters. The Balaban J connectivity index is 0. The Kier molecular flexibility index (Phi) is 14.0. The van der Waals surface area contributed by atoms with E-state index in [4.69, 9.17) is 15.3 Å². The molecule has 0 aliphatic carbocycles. The fraction of sp³-hybridized carbons (Fsp3) is 0.562. The number of hydrogen-bond donors (Lipinski definition) is 3. The van der Waals surface area contributed by atoms with Gasteiger partial charge in [0, 0.05) is 11.1 Å². The predicted octanol–water partition coefficient (Wildman–Crippen LogP) is 3.48. The lowest BCUT2D eigenvalue weighted by atomic mass is 9.98. The van der Waals surface area contributed by atoms with Crippen molar-refractivity contribution in [1.82, 2.24) is 0 Å². The number of carbonyl (C=O) groups is 3. The monoisotopic (exact) mass is 314 g/mol. The Labute approximate surface area is 131 Å². The second-order valence-corrected chi connectivity index (χ2v) is 4.66. The van der Waals surface area contributed by atoms with Gasteiger partial charge in [-0.05, 0) is 25.7 Å². The van der Waals surface area contributed by atoms with Crippen LogP contribution in [-0.4, -0.2) is 33.2 Å². The summed E-state index contributed by atoms with van der Waals surface area (Å²) in [4.78, 5) is 31.5. The average molecular weight is 314 g/mol. The molecule has 3 N–H and O–H groups in total. The summed E-state index contributed by atoms with van der Waals surface area (Å²) in [6.45, 7) is 7.12. The summed E-state index contributed by atoms with van der Waals surface area (Å²) in [5, 5.41) is 25.8. The molecule has 0 bridgehead atoms. The van der Waals surface area contributed by atoms with Gasteiger partial charge < -0.3 is 15.3 Å². The molecule has 0 aromatic rings. The van der Waals surface area contributed by atoms with Gasteiger partial charge in [-0.3, -0.25) is 4.79 Å². The molecule has 126 valence electrons. The smallest absolute Gasteiger partial charge is 0.332 e. The van der Waals surface area contributed by atoms with E-state index in [9.17, 15) is 14.4 Å². The minimum atomic E-state index is -1.10. The number of hydrogen-bond acceptors (Lipinski definition) is 3. The second kappa shape index (κ2) is 13.9. The Bertz CT molecular complexity index is 381. The van der Waals surface area contributed by atoms with Crippen LogP contribution in [0.1, 0.15) is 58.8 Å². The quantitative estimate of drug-likeness (QED) is 0.420. The number of carboxylic acids is 3. The Hall–Kier alpha value is -2.11. The average Bonchev–Trinajstić information content (AvgIpc) is 2.42. The third-order valence-corrected chi connectivity index (χ3v) is 2.76. The Morgan fingerprint density at radius 1 is 0.864 bits per heavy atom. The molecule has 0 amide bonds. The van der Waals surface area contributed by atoms with Crippen molar-refractivity contribution >= 4 is 17.9 Å². The van der Waals surface area contributed by atoms with Crippen LogP contribution >= 0.6 is 0 Å². The molecule has 0 spiro atoms. The van der Waals surface area contributed by atoms with Crippen LogP contribution in [0.3, 0.4) is 0 Å². The number of carboxylic acid groups (broad SMARTS) is 3. The van der Waals surface area contributed by atoms with Crippen molar-refractivity contribution < 1.29 is 29.7 Å². The molecule has 0 unspecified atom stereocenters. The van der Waals surface area contributed by atoms with Crippen molar-refractivity contribution in [3.63, 3.8) is 0 Å². The molecule has 0 aliphatic rings. The highest BCUT2D eigenvalue weighted by molar-refractivity contribution is 5.98. The highest BCUT2D eigenvalue weighted by Gasteiger charge is 2.18. The SMILES string of the molecule is C=CCC(=O)O.CCCCC(C(=O)O)=C(CCCC)C(=O)O. The zero-order valence-corrected chi connectivity index (χ0v) is 13.3. The van der Waals surface area contributed by atoms with E-state index in [0.29, 0.717) is 25.7 Å². The topological polar surface area (TPSA) is 112 Å². The lowest BCUT2D eigenvalue weighted by molar-refractivity contribution is -0.136. The highest BCUT2D eigenvalue weighted by Crippen LogP contribution is 2.18. The van der Waals surface area contributed by atoms with Gasteiger partial charge in [0.1, 0.15) is 0 Å². The molecule has 0 rings (SSSR count). The van der Waals surface area contributed by atoms with Crippen molar-refractivity contribution in [2.45, 2.75) is 58.8 Å². The second-order valence-electron chi connectivity index (χ2n) is 4.66. The summed E-state index contributed by atoms with van der Waals surface area (Å²) in [6.07, 6.45) is 5.24. The summed E-state index contributed by atoms with van der Waals surface area (Å²) in [5.41, 5.74) is 0.144. The van der Waals surface area contributed by atoms with E-state index in [-0.39, 0.29) is 17.6 Å². The molecule has 0 heterocycles. The fourth-order valence-electron chi connectivity index (χ4n) is 1.60. The fourth-order valence-corrected chi connectivity index (χ4v) is 1.60. The van der Waals surface area contributed by atoms with E-state index in [2.05, 4.69) is 6.58 Å². The summed E-state index contributed by atoms with van der Waals surface area (Å²) in [6, 6.07) is 0. The maximum absolute atomic E-state index is 11.0. The van der Waals surface area contributed by atoms with Crippen LogP contribution in [0.15, 0.2) is 23.8 Å². The van der Waals surface area contributed by atoms with Crippen molar-refractivity contribution in [2.75, 3.05) is 0 Å². The van der Waals surface area contributed by atoms with Gasteiger partial charge in [-0.1, -0.05) is 32.8 Å². The zero-order valence-electron chi connectivity index (χ0n) is 13.3. The molecule has 22 heavy (non-hydrogen) atoms. The molecule has 0 aromatic carbocycles. The first-order valence-electron chi connectivity index (χ1n) is 7.32. The molecule has 0 saturated heterocycles. The molecule has 6 heteroatoms. The molecular weight excluding hydrogens is 288 g/mol. The molecule has 0 aromatic heterocycles. The van der Waals surface area contributed by atoms with Gasteiger partial charge in [-0.15, -0.1) is 6.58 Å². The van der Waals surface area contributed by atoms with Gasteiger partial charge in [0.05, 0.1) is 6.42 Å². The lowest BCUT2D eigenvalue weighted by Gasteiger charge is -2.08. The van der Waals surface area contributed by atoms with E-state index in [1.54, 1.807) is 0 Å². The van der Waals surface area contributed by atoms with Crippen LogP contribution in [-0.2, 0) is 14.4 Å². The van der Waals surface area contributed by atoms with Crippen LogP contribution < -0.4 is 0 Å². The van der Waals surface area contributed by atoms with Crippen molar-refractivity contribution in [2.24, 2.45) is 0 Å². The van der Waals surface area contributed by atoms with E-state index in [1.807, 2.05) is 13.8 Å². The third-order valence-electron chi connectivity index (χ3n) is 2.76. The first kappa shape index (κ1) is 22.2. The Morgan fingerprint density at radius 2 is 1.23 bits per heavy atom. The minimum Gasteiger partial charge on any atom is -0.481 e. The molecule has 0 saturated carbocycles. The van der Waals surface area contributed by atoms with Gasteiger partial charge in [-0.2, -0.15) is 0 Å². The van der Waals surface area contributed by atoms with Crippen molar-refractivity contribution in [3.05, 3.63) is 23.8 Å². The van der Waals surface area contributed by atoms with Crippen LogP contribution in [0.4, 0.5) is 0 Å². The molecule has 0 aliphatic heterocycles.